The van der Waals surface area contributed by atoms with E-state index in [9.17, 15) is 4.79 Å². The van der Waals surface area contributed by atoms with Crippen molar-refractivity contribution in [1.82, 2.24) is 25.3 Å². The van der Waals surface area contributed by atoms with Crippen LogP contribution < -0.4 is 21.3 Å². The van der Waals surface area contributed by atoms with E-state index < -0.39 is 0 Å². The van der Waals surface area contributed by atoms with Gasteiger partial charge in [-0.15, -0.1) is 12.4 Å². The summed E-state index contributed by atoms with van der Waals surface area (Å²) >= 11 is 0. The van der Waals surface area contributed by atoms with Crippen LogP contribution in [0.5, 0.6) is 11.5 Å². The molecule has 0 aliphatic carbocycles. The minimum absolute atomic E-state index is 0. The predicted molar refractivity (Wildman–Crippen MR) is 118 cm³/mol. The molecular formula is C21H21ClN6O2. The van der Waals surface area contributed by atoms with Crippen LogP contribution in [0.25, 0.3) is 22.2 Å². The van der Waals surface area contributed by atoms with Gasteiger partial charge in [0.15, 0.2) is 5.82 Å². The first-order valence-electron chi connectivity index (χ1n) is 9.51. The monoisotopic (exact) mass is 424 g/mol. The van der Waals surface area contributed by atoms with Crippen LogP contribution in [0.15, 0.2) is 59.4 Å². The third-order valence-corrected chi connectivity index (χ3v) is 5.15. The van der Waals surface area contributed by atoms with E-state index in [0.29, 0.717) is 22.3 Å². The van der Waals surface area contributed by atoms with Gasteiger partial charge in [0.05, 0.1) is 11.4 Å². The Morgan fingerprint density at radius 3 is 2.50 bits per heavy atom. The second-order valence-electron chi connectivity index (χ2n) is 7.04. The molecule has 9 heteroatoms. The number of benzene rings is 2. The summed E-state index contributed by atoms with van der Waals surface area (Å²) in [6, 6.07) is 17.3. The molecular weight excluding hydrogens is 404 g/mol. The van der Waals surface area contributed by atoms with Gasteiger partial charge in [-0.2, -0.15) is 10.2 Å². The van der Waals surface area contributed by atoms with Gasteiger partial charge >= 0.3 is 0 Å². The van der Waals surface area contributed by atoms with Crippen LogP contribution in [0.3, 0.4) is 0 Å². The van der Waals surface area contributed by atoms with Crippen molar-refractivity contribution >= 4 is 29.1 Å². The molecule has 30 heavy (non-hydrogen) atoms. The Kier molecular flexibility index (Phi) is 5.43. The van der Waals surface area contributed by atoms with E-state index in [1.54, 1.807) is 4.68 Å². The average Bonchev–Trinajstić information content (AvgIpc) is 3.41. The number of anilines is 1. The first-order valence-corrected chi connectivity index (χ1v) is 9.51. The summed E-state index contributed by atoms with van der Waals surface area (Å²) in [4.78, 5) is 12.5. The zero-order valence-electron chi connectivity index (χ0n) is 16.0. The molecule has 0 amide bonds. The van der Waals surface area contributed by atoms with E-state index in [0.717, 1.165) is 30.8 Å². The van der Waals surface area contributed by atoms with E-state index >= 15 is 0 Å². The van der Waals surface area contributed by atoms with Gasteiger partial charge in [-0.1, -0.05) is 18.2 Å². The molecule has 1 aliphatic rings. The Hall–Kier alpha value is -3.36. The van der Waals surface area contributed by atoms with Crippen LogP contribution in [0.1, 0.15) is 12.5 Å². The number of nitrogens with two attached hydrogens (primary N) is 1. The number of rotatable bonds is 4. The topological polar surface area (TPSA) is 111 Å². The van der Waals surface area contributed by atoms with Crippen molar-refractivity contribution in [1.29, 1.82) is 0 Å². The lowest BCUT2D eigenvalue weighted by atomic mass is 10.1. The number of ether oxygens (including phenoxy) is 1. The number of para-hydroxylation sites is 1. The molecule has 0 radical (unpaired) electrons. The maximum Gasteiger partial charge on any atom is 0.290 e. The third-order valence-electron chi connectivity index (χ3n) is 5.15. The summed E-state index contributed by atoms with van der Waals surface area (Å²) in [5, 5.41) is 15.1. The third kappa shape index (κ3) is 3.51. The van der Waals surface area contributed by atoms with Gasteiger partial charge in [-0.3, -0.25) is 9.48 Å². The molecule has 1 aliphatic heterocycles. The van der Waals surface area contributed by atoms with E-state index in [1.165, 1.54) is 0 Å². The molecule has 1 fully saturated rings. The molecule has 0 bridgehead atoms. The number of nitrogen functional groups attached to an aromatic ring is 1. The molecule has 0 spiro atoms. The highest BCUT2D eigenvalue weighted by molar-refractivity contribution is 5.99. The molecule has 4 N–H and O–H groups in total. The molecule has 3 heterocycles. The van der Waals surface area contributed by atoms with Crippen molar-refractivity contribution in [2.75, 3.05) is 18.8 Å². The fourth-order valence-corrected chi connectivity index (χ4v) is 3.73. The second-order valence-corrected chi connectivity index (χ2v) is 7.04. The zero-order chi connectivity index (χ0) is 19.8. The highest BCUT2D eigenvalue weighted by Crippen LogP contribution is 2.33. The van der Waals surface area contributed by atoms with Gasteiger partial charge in [-0.05, 0) is 49.4 Å². The molecule has 1 saturated heterocycles. The number of nitrogens with zero attached hydrogens (tertiary/aromatic N) is 3. The smallest absolute Gasteiger partial charge is 0.290 e. The van der Waals surface area contributed by atoms with E-state index in [-0.39, 0.29) is 29.8 Å². The largest absolute Gasteiger partial charge is 0.457 e. The fraction of sp³-hybridized carbons (Fsp3) is 0.190. The first kappa shape index (κ1) is 19.9. The Labute approximate surface area is 178 Å². The van der Waals surface area contributed by atoms with Gasteiger partial charge < -0.3 is 15.8 Å². The summed E-state index contributed by atoms with van der Waals surface area (Å²) in [5.74, 6) is 1.74. The average molecular weight is 425 g/mol. The maximum atomic E-state index is 12.5. The predicted octanol–water partition coefficient (Wildman–Crippen LogP) is 3.12. The van der Waals surface area contributed by atoms with Crippen LogP contribution in [0.4, 0.5) is 5.82 Å². The fourth-order valence-electron chi connectivity index (χ4n) is 3.73. The SMILES string of the molecule is Cl.Nc1n[nH]c(=O)c2c1c(-c1ccc(Oc3ccccc3)cc1)nn2[C@@H]1CCNC1. The van der Waals surface area contributed by atoms with Crippen LogP contribution in [0.2, 0.25) is 0 Å². The van der Waals surface area contributed by atoms with Crippen molar-refractivity contribution in [3.05, 3.63) is 65.0 Å². The van der Waals surface area contributed by atoms with Crippen LogP contribution in [-0.4, -0.2) is 33.1 Å². The lowest BCUT2D eigenvalue weighted by molar-refractivity contribution is 0.482. The maximum absolute atomic E-state index is 12.5. The number of nitrogens with one attached hydrogen (secondary N) is 2. The van der Waals surface area contributed by atoms with Crippen molar-refractivity contribution in [3.63, 3.8) is 0 Å². The Morgan fingerprint density at radius 1 is 1.07 bits per heavy atom. The number of fused-ring (bicyclic) bond motifs is 1. The Balaban J connectivity index is 0.00000218. The van der Waals surface area contributed by atoms with Gasteiger partial charge in [0.1, 0.15) is 22.7 Å². The van der Waals surface area contributed by atoms with Crippen LogP contribution in [0, 0.1) is 0 Å². The van der Waals surface area contributed by atoms with E-state index in [2.05, 4.69) is 15.5 Å². The molecule has 1 atom stereocenters. The molecule has 8 nitrogen and oxygen atoms in total. The normalized spacial score (nSPS) is 15.8. The van der Waals surface area contributed by atoms with E-state index in [4.69, 9.17) is 15.6 Å². The molecule has 5 rings (SSSR count). The number of hydrogen-bond acceptors (Lipinski definition) is 6. The van der Waals surface area contributed by atoms with Crippen LogP contribution >= 0.6 is 12.4 Å². The molecule has 0 unspecified atom stereocenters. The van der Waals surface area contributed by atoms with Gasteiger partial charge in [0.25, 0.3) is 5.56 Å². The lowest BCUT2D eigenvalue weighted by Gasteiger charge is -2.09. The number of halogens is 1. The summed E-state index contributed by atoms with van der Waals surface area (Å²) < 4.78 is 7.65. The highest BCUT2D eigenvalue weighted by atomic mass is 35.5. The molecule has 2 aromatic heterocycles. The summed E-state index contributed by atoms with van der Waals surface area (Å²) in [6.07, 6.45) is 0.905. The first-order chi connectivity index (χ1) is 14.2. The number of hydrogen-bond donors (Lipinski definition) is 3. The van der Waals surface area contributed by atoms with Gasteiger partial charge in [0, 0.05) is 12.1 Å². The molecule has 4 aromatic rings. The minimum atomic E-state index is -0.288. The minimum Gasteiger partial charge on any atom is -0.457 e. The lowest BCUT2D eigenvalue weighted by Crippen LogP contribution is -2.19. The van der Waals surface area contributed by atoms with Crippen molar-refractivity contribution in [2.45, 2.75) is 12.5 Å². The van der Waals surface area contributed by atoms with Crippen molar-refractivity contribution in [2.24, 2.45) is 0 Å². The number of aromatic amines is 1. The van der Waals surface area contributed by atoms with Crippen molar-refractivity contribution < 1.29 is 4.74 Å². The standard InChI is InChI=1S/C21H20N6O2.ClH/c22-20-17-18(13-6-8-16(9-7-13)29-15-4-2-1-3-5-15)26-27(14-10-11-23-12-14)19(17)21(28)25-24-20;/h1-9,14,23H,10-12H2,(H2,22,24)(H,25,28);1H/t14-;/m1./s1. The Bertz CT molecular complexity index is 1210. The molecule has 2 aromatic carbocycles. The number of aromatic nitrogens is 4. The Morgan fingerprint density at radius 2 is 1.80 bits per heavy atom. The van der Waals surface area contributed by atoms with Crippen molar-refractivity contribution in [3.8, 4) is 22.8 Å². The van der Waals surface area contributed by atoms with Gasteiger partial charge in [0.2, 0.25) is 0 Å². The summed E-state index contributed by atoms with van der Waals surface area (Å²) in [7, 11) is 0. The second kappa shape index (κ2) is 8.17. The molecule has 0 saturated carbocycles. The zero-order valence-corrected chi connectivity index (χ0v) is 16.9. The molecule has 154 valence electrons. The quantitative estimate of drug-likeness (QED) is 0.464. The highest BCUT2D eigenvalue weighted by Gasteiger charge is 2.25. The van der Waals surface area contributed by atoms with E-state index in [1.807, 2.05) is 54.6 Å². The number of H-pyrrole nitrogens is 1. The van der Waals surface area contributed by atoms with Crippen LogP contribution in [-0.2, 0) is 0 Å². The summed E-state index contributed by atoms with van der Waals surface area (Å²) in [5.41, 5.74) is 7.80. The summed E-state index contributed by atoms with van der Waals surface area (Å²) in [6.45, 7) is 1.66. The van der Waals surface area contributed by atoms with Gasteiger partial charge in [-0.25, -0.2) is 5.10 Å².